The number of rotatable bonds is 67. The summed E-state index contributed by atoms with van der Waals surface area (Å²) in [5.74, 6) is -2.28. The lowest BCUT2D eigenvalue weighted by atomic mass is 10.0. The summed E-state index contributed by atoms with van der Waals surface area (Å²) in [5.41, 5.74) is 0. The van der Waals surface area contributed by atoms with E-state index in [1.165, 1.54) is 180 Å². The van der Waals surface area contributed by atoms with Crippen LogP contribution in [0.4, 0.5) is 0 Å². The average Bonchev–Trinajstić information content (AvgIpc) is 3.70. The molecule has 9 heteroatoms. The third kappa shape index (κ3) is 71.0. The van der Waals surface area contributed by atoms with Crippen molar-refractivity contribution in [1.82, 2.24) is 0 Å². The van der Waals surface area contributed by atoms with Gasteiger partial charge in [-0.25, -0.2) is 0 Å². The van der Waals surface area contributed by atoms with Crippen LogP contribution >= 0.6 is 0 Å². The van der Waals surface area contributed by atoms with Gasteiger partial charge in [0.25, 0.3) is 0 Å². The maximum Gasteiger partial charge on any atom is 0.306 e. The van der Waals surface area contributed by atoms with Crippen molar-refractivity contribution in [1.29, 1.82) is 0 Å². The van der Waals surface area contributed by atoms with Crippen LogP contribution in [0, 0.1) is 0 Å². The van der Waals surface area contributed by atoms with E-state index in [0.717, 1.165) is 96.3 Å². The topological polar surface area (TPSA) is 111 Å². The first-order valence-electron chi connectivity index (χ1n) is 36.7. The molecular weight excluding hydrogens is 1100 g/mol. The molecule has 0 aromatic carbocycles. The molecule has 0 radical (unpaired) electrons. The van der Waals surface area contributed by atoms with E-state index in [1.54, 1.807) is 0 Å². The van der Waals surface area contributed by atoms with Crippen molar-refractivity contribution in [3.8, 4) is 0 Å². The maximum atomic E-state index is 13.0. The fraction of sp³-hybridized carbons (Fsp3) is 0.713. The van der Waals surface area contributed by atoms with Crippen LogP contribution in [0.25, 0.3) is 0 Å². The molecule has 0 amide bonds. The number of ether oxygens (including phenoxy) is 4. The molecular formula is C80H137NO8. The molecule has 0 bridgehead atoms. The molecule has 0 aliphatic carbocycles. The predicted molar refractivity (Wildman–Crippen MR) is 380 cm³/mol. The molecule has 0 aromatic heterocycles. The minimum Gasteiger partial charge on any atom is -0.545 e. The Labute approximate surface area is 548 Å². The quantitative estimate of drug-likeness (QED) is 0.0195. The number of hydrogen-bond acceptors (Lipinski definition) is 8. The molecule has 89 heavy (non-hydrogen) atoms. The Kier molecular flexibility index (Phi) is 66.2. The number of allylic oxidation sites excluding steroid dienone is 20. The monoisotopic (exact) mass is 1240 g/mol. The lowest BCUT2D eigenvalue weighted by molar-refractivity contribution is -0.870. The third-order valence-corrected chi connectivity index (χ3v) is 15.7. The second-order valence-corrected chi connectivity index (χ2v) is 25.5. The SMILES string of the molecule is CC/C=C\C/C=C\C/C=C\C/C=C\C/C=C\C/C=C\C/C=C\C/C=C\CCCCCCCCCCCCCCC(=O)OC(COC(=O)CCCCCCCCCCCCCCCCC/C=C\C/C=C\CCCCCCC)COC(OCC[N+](C)(C)C)C(=O)[O-]. The number of aliphatic carboxylic acids is 1. The van der Waals surface area contributed by atoms with Gasteiger partial charge in [-0.2, -0.15) is 0 Å². The largest absolute Gasteiger partial charge is 0.545 e. The molecule has 510 valence electrons. The Morgan fingerprint density at radius 3 is 0.955 bits per heavy atom. The lowest BCUT2D eigenvalue weighted by Crippen LogP contribution is -2.44. The third-order valence-electron chi connectivity index (χ3n) is 15.7. The van der Waals surface area contributed by atoms with Crippen molar-refractivity contribution in [2.75, 3.05) is 47.5 Å². The summed E-state index contributed by atoms with van der Waals surface area (Å²) >= 11 is 0. The number of unbranched alkanes of at least 4 members (excludes halogenated alkanes) is 32. The van der Waals surface area contributed by atoms with Gasteiger partial charge >= 0.3 is 11.9 Å². The highest BCUT2D eigenvalue weighted by atomic mass is 16.7. The maximum absolute atomic E-state index is 13.0. The number of carboxylic acids is 1. The summed E-state index contributed by atoms with van der Waals surface area (Å²) in [6.45, 7) is 4.64. The Morgan fingerprint density at radius 1 is 0.348 bits per heavy atom. The molecule has 0 aliphatic rings. The summed E-state index contributed by atoms with van der Waals surface area (Å²) in [6.07, 6.45) is 95.7. The zero-order valence-electron chi connectivity index (χ0n) is 58.3. The number of carbonyl (C=O) groups excluding carboxylic acids is 3. The molecule has 2 unspecified atom stereocenters. The fourth-order valence-corrected chi connectivity index (χ4v) is 10.1. The van der Waals surface area contributed by atoms with E-state index in [9.17, 15) is 19.5 Å². The van der Waals surface area contributed by atoms with Gasteiger partial charge in [-0.15, -0.1) is 0 Å². The number of nitrogens with zero attached hydrogens (tertiary/aromatic N) is 1. The van der Waals surface area contributed by atoms with Crippen LogP contribution < -0.4 is 5.11 Å². The van der Waals surface area contributed by atoms with Gasteiger partial charge < -0.3 is 33.3 Å². The highest BCUT2D eigenvalue weighted by Gasteiger charge is 2.22. The number of carbonyl (C=O) groups is 3. The molecule has 0 heterocycles. The molecule has 0 saturated carbocycles. The number of likely N-dealkylation sites (N-methyl/N-ethyl adjacent to an activating group) is 1. The Hall–Kier alpha value is -4.31. The molecule has 2 atom stereocenters. The first kappa shape index (κ1) is 84.7. The number of carboxylic acid groups (broad SMARTS) is 1. The minimum atomic E-state index is -1.63. The van der Waals surface area contributed by atoms with E-state index in [-0.39, 0.29) is 38.6 Å². The van der Waals surface area contributed by atoms with Crippen LogP contribution in [0.2, 0.25) is 0 Å². The Balaban J connectivity index is 4.11. The zero-order chi connectivity index (χ0) is 64.7. The van der Waals surface area contributed by atoms with E-state index in [2.05, 4.69) is 135 Å². The molecule has 0 rings (SSSR count). The van der Waals surface area contributed by atoms with Gasteiger partial charge in [0, 0.05) is 12.8 Å². The van der Waals surface area contributed by atoms with E-state index in [1.807, 2.05) is 21.1 Å². The lowest BCUT2D eigenvalue weighted by Gasteiger charge is -2.26. The summed E-state index contributed by atoms with van der Waals surface area (Å²) in [4.78, 5) is 37.5. The van der Waals surface area contributed by atoms with Crippen LogP contribution in [-0.4, -0.2) is 82.3 Å². The average molecular weight is 1240 g/mol. The van der Waals surface area contributed by atoms with Crippen LogP contribution in [0.5, 0.6) is 0 Å². The molecule has 9 nitrogen and oxygen atoms in total. The van der Waals surface area contributed by atoms with E-state index >= 15 is 0 Å². The van der Waals surface area contributed by atoms with Gasteiger partial charge in [-0.3, -0.25) is 9.59 Å². The smallest absolute Gasteiger partial charge is 0.306 e. The molecule has 0 aromatic rings. The molecule has 0 fully saturated rings. The number of esters is 2. The fourth-order valence-electron chi connectivity index (χ4n) is 10.1. The van der Waals surface area contributed by atoms with Crippen LogP contribution in [0.1, 0.15) is 309 Å². The first-order chi connectivity index (χ1) is 43.6. The first-order valence-corrected chi connectivity index (χ1v) is 36.7. The second-order valence-electron chi connectivity index (χ2n) is 25.5. The highest BCUT2D eigenvalue weighted by molar-refractivity contribution is 5.70. The van der Waals surface area contributed by atoms with Crippen molar-refractivity contribution in [2.24, 2.45) is 0 Å². The summed E-state index contributed by atoms with van der Waals surface area (Å²) in [5, 5.41) is 11.8. The zero-order valence-corrected chi connectivity index (χ0v) is 58.3. The summed E-state index contributed by atoms with van der Waals surface area (Å²) < 4.78 is 22.8. The van der Waals surface area contributed by atoms with Gasteiger partial charge in [-0.1, -0.05) is 309 Å². The van der Waals surface area contributed by atoms with E-state index < -0.39 is 24.3 Å². The van der Waals surface area contributed by atoms with Crippen LogP contribution in [-0.2, 0) is 33.3 Å². The van der Waals surface area contributed by atoms with E-state index in [4.69, 9.17) is 18.9 Å². The second kappa shape index (κ2) is 69.6. The van der Waals surface area contributed by atoms with Crippen LogP contribution in [0.3, 0.4) is 0 Å². The van der Waals surface area contributed by atoms with Crippen molar-refractivity contribution in [2.45, 2.75) is 322 Å². The van der Waals surface area contributed by atoms with Gasteiger partial charge in [-0.05, 0) is 109 Å². The summed E-state index contributed by atoms with van der Waals surface area (Å²) in [7, 11) is 5.93. The highest BCUT2D eigenvalue weighted by Crippen LogP contribution is 2.17. The van der Waals surface area contributed by atoms with Gasteiger partial charge in [0.15, 0.2) is 12.4 Å². The summed E-state index contributed by atoms with van der Waals surface area (Å²) in [6, 6.07) is 0. The molecule has 0 spiro atoms. The van der Waals surface area contributed by atoms with Gasteiger partial charge in [0.2, 0.25) is 0 Å². The van der Waals surface area contributed by atoms with Crippen molar-refractivity contribution >= 4 is 17.9 Å². The molecule has 0 aliphatic heterocycles. The van der Waals surface area contributed by atoms with E-state index in [0.29, 0.717) is 17.4 Å². The van der Waals surface area contributed by atoms with Crippen LogP contribution in [0.15, 0.2) is 122 Å². The van der Waals surface area contributed by atoms with Gasteiger partial charge in [0.1, 0.15) is 13.2 Å². The number of quaternary nitrogens is 1. The number of hydrogen-bond donors (Lipinski definition) is 0. The predicted octanol–water partition coefficient (Wildman–Crippen LogP) is 21.8. The van der Waals surface area contributed by atoms with Crippen molar-refractivity contribution in [3.63, 3.8) is 0 Å². The van der Waals surface area contributed by atoms with Gasteiger partial charge in [0.05, 0.1) is 40.3 Å². The Morgan fingerprint density at radius 2 is 0.640 bits per heavy atom. The normalized spacial score (nSPS) is 13.4. The molecule has 0 saturated heterocycles. The van der Waals surface area contributed by atoms with Crippen molar-refractivity contribution in [3.05, 3.63) is 122 Å². The standard InChI is InChI=1S/C80H137NO8/c1-6-8-10-12-14-16-18-20-22-24-26-28-30-32-34-35-36-37-38-39-40-41-42-43-45-47-49-51-53-55-57-59-61-63-65-67-69-71-78(83)89-76(75-88-80(79(84)85)86-73-72-81(3,4)5)74-87-77(82)70-68-66-64-62-60-58-56-54-52-50-48-46-44-33-31-29-27-25-23-21-19-17-15-13-11-9-7-2/h8,10,14,16,19-22,25-28,32,34,36-37,39-40,42-43,76,80H,6-7,9,11-13,15,17-18,23-24,29-31,33,35,38,41,44-75H2,1-5H3/b10-8-,16-14-,21-19-,22-20-,27-25-,28-26-,34-32-,37-36-,40-39-,43-42-. The molecule has 0 N–H and O–H groups in total. The van der Waals surface area contributed by atoms with Crippen molar-refractivity contribution < 1.29 is 42.9 Å². The minimum absolute atomic E-state index is 0.143. The Bertz CT molecular complexity index is 1880.